The normalized spacial score (nSPS) is 21.8. The summed E-state index contributed by atoms with van der Waals surface area (Å²) in [4.78, 5) is 17.9. The smallest absolute Gasteiger partial charge is 0.246 e. The van der Waals surface area contributed by atoms with Gasteiger partial charge in [-0.25, -0.2) is 4.39 Å². The van der Waals surface area contributed by atoms with Crippen LogP contribution < -0.4 is 5.32 Å². The molecule has 2 atom stereocenters. The van der Waals surface area contributed by atoms with E-state index in [0.29, 0.717) is 11.8 Å². The van der Waals surface area contributed by atoms with Crippen molar-refractivity contribution in [2.24, 2.45) is 0 Å². The lowest BCUT2D eigenvalue weighted by molar-refractivity contribution is -0.122. The molecule has 0 radical (unpaired) electrons. The zero-order chi connectivity index (χ0) is 20.1. The van der Waals surface area contributed by atoms with Crippen molar-refractivity contribution in [1.29, 1.82) is 0 Å². The van der Waals surface area contributed by atoms with Crippen LogP contribution in [0.5, 0.6) is 0 Å². The maximum atomic E-state index is 13.2. The molecule has 154 valence electrons. The predicted molar refractivity (Wildman–Crippen MR) is 111 cm³/mol. The van der Waals surface area contributed by atoms with E-state index in [4.69, 9.17) is 4.74 Å². The Morgan fingerprint density at radius 2 is 1.79 bits per heavy atom. The molecule has 2 saturated heterocycles. The molecule has 0 spiro atoms. The number of carbonyl (C=O) groups excluding carboxylic acids is 1. The molecule has 0 saturated carbocycles. The number of carbonyl (C=O) groups is 1. The topological polar surface area (TPSA) is 44.8 Å². The van der Waals surface area contributed by atoms with Gasteiger partial charge in [-0.1, -0.05) is 30.3 Å². The average Bonchev–Trinajstić information content (AvgIpc) is 3.25. The van der Waals surface area contributed by atoms with Crippen LogP contribution in [0.1, 0.15) is 24.4 Å². The van der Waals surface area contributed by atoms with Gasteiger partial charge in [0.15, 0.2) is 0 Å². The van der Waals surface area contributed by atoms with E-state index in [0.717, 1.165) is 57.7 Å². The van der Waals surface area contributed by atoms with E-state index in [2.05, 4.69) is 15.1 Å². The van der Waals surface area contributed by atoms with Crippen LogP contribution in [0.4, 0.5) is 10.1 Å². The highest BCUT2D eigenvalue weighted by Crippen LogP contribution is 2.25. The molecule has 6 heteroatoms. The minimum atomic E-state index is -0.369. The molecule has 29 heavy (non-hydrogen) atoms. The first-order chi connectivity index (χ1) is 14.2. The van der Waals surface area contributed by atoms with Gasteiger partial charge in [0.1, 0.15) is 11.9 Å². The number of hydrogen-bond donors (Lipinski definition) is 1. The Hall–Kier alpha value is -2.28. The molecule has 2 aromatic carbocycles. The number of rotatable bonds is 6. The van der Waals surface area contributed by atoms with Crippen LogP contribution in [-0.2, 0) is 9.53 Å². The molecule has 1 N–H and O–H groups in total. The summed E-state index contributed by atoms with van der Waals surface area (Å²) in [5, 5.41) is 2.95. The van der Waals surface area contributed by atoms with Crippen LogP contribution in [0.2, 0.25) is 0 Å². The van der Waals surface area contributed by atoms with E-state index in [1.165, 1.54) is 12.1 Å². The lowest BCUT2D eigenvalue weighted by atomic mass is 10.0. The Bertz CT molecular complexity index is 786. The first-order valence-electron chi connectivity index (χ1n) is 10.4. The number of ether oxygens (including phenoxy) is 1. The first kappa shape index (κ1) is 20.0. The first-order valence-corrected chi connectivity index (χ1v) is 10.4. The fraction of sp³-hybridized carbons (Fsp3) is 0.435. The van der Waals surface area contributed by atoms with Crippen LogP contribution in [0.15, 0.2) is 54.6 Å². The van der Waals surface area contributed by atoms with Crippen molar-refractivity contribution in [1.82, 2.24) is 9.80 Å². The Morgan fingerprint density at radius 3 is 2.45 bits per heavy atom. The van der Waals surface area contributed by atoms with E-state index < -0.39 is 0 Å². The lowest BCUT2D eigenvalue weighted by Crippen LogP contribution is -2.51. The molecule has 0 aliphatic carbocycles. The maximum absolute atomic E-state index is 13.2. The molecule has 5 nitrogen and oxygen atoms in total. The summed E-state index contributed by atoms with van der Waals surface area (Å²) in [6, 6.07) is 15.4. The van der Waals surface area contributed by atoms with Crippen LogP contribution in [0.3, 0.4) is 0 Å². The molecular formula is C23H28FN3O2. The molecule has 2 heterocycles. The van der Waals surface area contributed by atoms with Crippen molar-refractivity contribution in [2.75, 3.05) is 44.6 Å². The SMILES string of the molecule is O=C(Nc1ccc(F)cc1)[C@H](c1ccccc1)N1CCN(C[C@H]2CCCO2)CC1. The highest BCUT2D eigenvalue weighted by atomic mass is 19.1. The average molecular weight is 397 g/mol. The quantitative estimate of drug-likeness (QED) is 0.812. The van der Waals surface area contributed by atoms with Crippen molar-refractivity contribution >= 4 is 11.6 Å². The Morgan fingerprint density at radius 1 is 1.07 bits per heavy atom. The highest BCUT2D eigenvalue weighted by molar-refractivity contribution is 5.95. The molecule has 2 aliphatic rings. The van der Waals surface area contributed by atoms with Gasteiger partial charge in [0.05, 0.1) is 6.10 Å². The van der Waals surface area contributed by atoms with Crippen molar-refractivity contribution in [3.63, 3.8) is 0 Å². The Labute approximate surface area is 171 Å². The summed E-state index contributed by atoms with van der Waals surface area (Å²) in [7, 11) is 0. The van der Waals surface area contributed by atoms with E-state index in [9.17, 15) is 9.18 Å². The molecular weight excluding hydrogens is 369 g/mol. The van der Waals surface area contributed by atoms with Gasteiger partial charge in [-0.05, 0) is 42.7 Å². The zero-order valence-electron chi connectivity index (χ0n) is 16.6. The molecule has 0 unspecified atom stereocenters. The maximum Gasteiger partial charge on any atom is 0.246 e. The fourth-order valence-corrected chi connectivity index (χ4v) is 4.19. The number of benzene rings is 2. The number of halogens is 1. The molecule has 2 fully saturated rings. The van der Waals surface area contributed by atoms with Gasteiger partial charge >= 0.3 is 0 Å². The molecule has 4 rings (SSSR count). The minimum Gasteiger partial charge on any atom is -0.377 e. The van der Waals surface area contributed by atoms with Crippen LogP contribution in [-0.4, -0.2) is 61.1 Å². The number of amides is 1. The van der Waals surface area contributed by atoms with Crippen molar-refractivity contribution in [3.8, 4) is 0 Å². The van der Waals surface area contributed by atoms with E-state index in [1.807, 2.05) is 30.3 Å². The zero-order valence-corrected chi connectivity index (χ0v) is 16.6. The summed E-state index contributed by atoms with van der Waals surface area (Å²) >= 11 is 0. The lowest BCUT2D eigenvalue weighted by Gasteiger charge is -2.39. The van der Waals surface area contributed by atoms with Crippen LogP contribution >= 0.6 is 0 Å². The Kier molecular flexibility index (Phi) is 6.54. The standard InChI is InChI=1S/C23H28FN3O2/c24-19-8-10-20(11-9-19)25-23(28)22(18-5-2-1-3-6-18)27-14-12-26(13-15-27)17-21-7-4-16-29-21/h1-3,5-6,8-11,21-22H,4,7,12-17H2,(H,25,28)/t21-,22+/m1/s1. The summed E-state index contributed by atoms with van der Waals surface area (Å²) in [5.74, 6) is -0.402. The fourth-order valence-electron chi connectivity index (χ4n) is 4.19. The monoisotopic (exact) mass is 397 g/mol. The van der Waals surface area contributed by atoms with Crippen molar-refractivity contribution in [2.45, 2.75) is 25.0 Å². The van der Waals surface area contributed by atoms with Gasteiger partial charge < -0.3 is 10.1 Å². The molecule has 0 bridgehead atoms. The second-order valence-corrected chi connectivity index (χ2v) is 7.78. The van der Waals surface area contributed by atoms with Crippen molar-refractivity contribution < 1.29 is 13.9 Å². The third kappa shape index (κ3) is 5.21. The molecule has 2 aliphatic heterocycles. The summed E-state index contributed by atoms with van der Waals surface area (Å²) in [5.41, 5.74) is 1.58. The van der Waals surface area contributed by atoms with Gasteiger partial charge in [0.25, 0.3) is 0 Å². The minimum absolute atomic E-state index is 0.0876. The van der Waals surface area contributed by atoms with E-state index >= 15 is 0 Å². The van der Waals surface area contributed by atoms with Crippen LogP contribution in [0.25, 0.3) is 0 Å². The summed E-state index contributed by atoms with van der Waals surface area (Å²) in [6.45, 7) is 5.35. The second kappa shape index (κ2) is 9.48. The largest absolute Gasteiger partial charge is 0.377 e. The predicted octanol–water partition coefficient (Wildman–Crippen LogP) is 3.30. The summed E-state index contributed by atoms with van der Waals surface area (Å²) in [6.07, 6.45) is 2.66. The van der Waals surface area contributed by atoms with Crippen molar-refractivity contribution in [3.05, 3.63) is 66.0 Å². The van der Waals surface area contributed by atoms with Gasteiger partial charge in [-0.3, -0.25) is 14.6 Å². The third-order valence-electron chi connectivity index (χ3n) is 5.73. The second-order valence-electron chi connectivity index (χ2n) is 7.78. The highest BCUT2D eigenvalue weighted by Gasteiger charge is 2.31. The number of nitrogens with zero attached hydrogens (tertiary/aromatic N) is 2. The number of anilines is 1. The molecule has 0 aromatic heterocycles. The van der Waals surface area contributed by atoms with E-state index in [1.54, 1.807) is 12.1 Å². The number of hydrogen-bond acceptors (Lipinski definition) is 4. The van der Waals surface area contributed by atoms with Gasteiger partial charge in [-0.2, -0.15) is 0 Å². The van der Waals surface area contributed by atoms with Crippen LogP contribution in [0, 0.1) is 5.82 Å². The van der Waals surface area contributed by atoms with Gasteiger partial charge in [0, 0.05) is 45.0 Å². The third-order valence-corrected chi connectivity index (χ3v) is 5.73. The summed E-state index contributed by atoms with van der Waals surface area (Å²) < 4.78 is 19.0. The van der Waals surface area contributed by atoms with Gasteiger partial charge in [-0.15, -0.1) is 0 Å². The number of piperazine rings is 1. The number of nitrogens with one attached hydrogen (secondary N) is 1. The Balaban J connectivity index is 1.43. The molecule has 1 amide bonds. The van der Waals surface area contributed by atoms with Gasteiger partial charge in [0.2, 0.25) is 5.91 Å². The molecule has 2 aromatic rings. The van der Waals surface area contributed by atoms with E-state index in [-0.39, 0.29) is 17.8 Å².